The molecule has 0 aliphatic rings. The van der Waals surface area contributed by atoms with Gasteiger partial charge in [-0.15, -0.1) is 0 Å². The summed E-state index contributed by atoms with van der Waals surface area (Å²) >= 11 is 0. The van der Waals surface area contributed by atoms with E-state index in [2.05, 4.69) is 67.2 Å². The third kappa shape index (κ3) is 27.5. The van der Waals surface area contributed by atoms with Gasteiger partial charge in [0.2, 0.25) is 0 Å². The molecular formula is C24H57NO3. The van der Waals surface area contributed by atoms with Gasteiger partial charge < -0.3 is 9.53 Å². The Labute approximate surface area is 179 Å². The zero-order chi connectivity index (χ0) is 19.6. The Bertz CT molecular complexity index is 346. The van der Waals surface area contributed by atoms with E-state index >= 15 is 0 Å². The maximum Gasteiger partial charge on any atom is 0.147 e. The maximum atomic E-state index is 12.3. The second kappa shape index (κ2) is 18.3. The van der Waals surface area contributed by atoms with Gasteiger partial charge in [-0.25, -0.2) is 0 Å². The molecule has 0 N–H and O–H groups in total. The lowest BCUT2D eigenvalue weighted by molar-refractivity contribution is -0.123. The molecule has 0 amide bonds. The Balaban J connectivity index is -0.000000195. The monoisotopic (exact) mass is 407 g/mol. The molecule has 0 saturated heterocycles. The summed E-state index contributed by atoms with van der Waals surface area (Å²) in [5, 5.41) is 0. The molecule has 0 rings (SSSR count). The van der Waals surface area contributed by atoms with Gasteiger partial charge in [0.25, 0.3) is 0 Å². The molecule has 0 heterocycles. The topological polar surface area (TPSA) is 46.6 Å². The number of rotatable bonds is 8. The molecular weight excluding hydrogens is 350 g/mol. The van der Waals surface area contributed by atoms with E-state index in [1.54, 1.807) is 0 Å². The van der Waals surface area contributed by atoms with Gasteiger partial charge in [-0.3, -0.25) is 9.69 Å². The average molecular weight is 408 g/mol. The van der Waals surface area contributed by atoms with Crippen LogP contribution < -0.4 is 0 Å². The molecule has 176 valence electrons. The van der Waals surface area contributed by atoms with Crippen molar-refractivity contribution in [3.8, 4) is 0 Å². The van der Waals surface area contributed by atoms with Crippen molar-refractivity contribution in [2.45, 2.75) is 110 Å². The number of carbonyl (C=O) groups is 2. The normalized spacial score (nSPS) is 10.9. The van der Waals surface area contributed by atoms with Crippen LogP contribution in [0, 0.1) is 10.8 Å². The summed E-state index contributed by atoms with van der Waals surface area (Å²) in [6.45, 7) is 24.3. The number of ether oxygens (including phenoxy) is 1. The highest BCUT2D eigenvalue weighted by Gasteiger charge is 2.25. The Morgan fingerprint density at radius 1 is 0.786 bits per heavy atom. The molecule has 0 fully saturated rings. The number of nitrogens with zero attached hydrogens (tertiary/aromatic N) is 1. The molecule has 0 aromatic heterocycles. The van der Waals surface area contributed by atoms with Gasteiger partial charge in [0.1, 0.15) is 12.6 Å². The first kappa shape index (κ1) is 41.6. The highest BCUT2D eigenvalue weighted by atomic mass is 16.5. The van der Waals surface area contributed by atoms with E-state index in [0.717, 1.165) is 19.6 Å². The van der Waals surface area contributed by atoms with Crippen LogP contribution in [0.5, 0.6) is 0 Å². The smallest absolute Gasteiger partial charge is 0.147 e. The number of hydrogen-bond acceptors (Lipinski definition) is 4. The molecule has 0 spiro atoms. The first-order valence-electron chi connectivity index (χ1n) is 8.84. The molecule has 0 aliphatic heterocycles. The van der Waals surface area contributed by atoms with Crippen molar-refractivity contribution in [3.63, 3.8) is 0 Å². The Morgan fingerprint density at radius 3 is 1.54 bits per heavy atom. The van der Waals surface area contributed by atoms with Crippen LogP contribution in [0.1, 0.15) is 105 Å². The molecule has 0 atom stereocenters. The van der Waals surface area contributed by atoms with Gasteiger partial charge in [0.15, 0.2) is 0 Å². The Morgan fingerprint density at radius 2 is 1.21 bits per heavy atom. The van der Waals surface area contributed by atoms with E-state index in [-0.39, 0.29) is 40.7 Å². The van der Waals surface area contributed by atoms with Gasteiger partial charge >= 0.3 is 0 Å². The van der Waals surface area contributed by atoms with Crippen LogP contribution in [0.15, 0.2) is 0 Å². The van der Waals surface area contributed by atoms with E-state index in [4.69, 9.17) is 9.53 Å². The second-order valence-corrected chi connectivity index (χ2v) is 9.79. The lowest BCUT2D eigenvalue weighted by atomic mass is 9.89. The third-order valence-electron chi connectivity index (χ3n) is 3.55. The van der Waals surface area contributed by atoms with Gasteiger partial charge in [0, 0.05) is 25.1 Å². The first-order valence-corrected chi connectivity index (χ1v) is 8.84. The molecule has 0 bridgehead atoms. The molecule has 0 unspecified atom stereocenters. The van der Waals surface area contributed by atoms with Crippen molar-refractivity contribution in [2.24, 2.45) is 10.8 Å². The van der Waals surface area contributed by atoms with Gasteiger partial charge in [-0.2, -0.15) is 0 Å². The Hall–Kier alpha value is -0.740. The van der Waals surface area contributed by atoms with E-state index in [1.165, 1.54) is 0 Å². The van der Waals surface area contributed by atoms with Crippen LogP contribution in [0.4, 0.5) is 0 Å². The fourth-order valence-corrected chi connectivity index (χ4v) is 2.17. The van der Waals surface area contributed by atoms with Gasteiger partial charge in [-0.1, -0.05) is 71.2 Å². The molecule has 0 aliphatic carbocycles. The van der Waals surface area contributed by atoms with Crippen molar-refractivity contribution in [1.82, 2.24) is 4.90 Å². The van der Waals surface area contributed by atoms with Crippen molar-refractivity contribution in [1.29, 1.82) is 0 Å². The SMILES string of the molecule is C.C.C.C.C=O.CC(C)(C)CCOCCN(CC(=O)CC(C)(C)C)C(C)(C)C. The summed E-state index contributed by atoms with van der Waals surface area (Å²) in [6.07, 6.45) is 1.69. The summed E-state index contributed by atoms with van der Waals surface area (Å²) in [4.78, 5) is 22.5. The second-order valence-electron chi connectivity index (χ2n) is 9.79. The maximum absolute atomic E-state index is 12.3. The zero-order valence-electron chi connectivity index (χ0n) is 17.6. The highest BCUT2D eigenvalue weighted by molar-refractivity contribution is 5.81. The van der Waals surface area contributed by atoms with Crippen molar-refractivity contribution in [3.05, 3.63) is 0 Å². The van der Waals surface area contributed by atoms with Crippen LogP contribution in [-0.4, -0.2) is 49.3 Å². The van der Waals surface area contributed by atoms with Crippen LogP contribution in [0.2, 0.25) is 0 Å². The van der Waals surface area contributed by atoms with Crippen LogP contribution in [0.25, 0.3) is 0 Å². The molecule has 0 saturated carbocycles. The summed E-state index contributed by atoms with van der Waals surface area (Å²) in [5.74, 6) is 0.317. The van der Waals surface area contributed by atoms with Crippen molar-refractivity contribution >= 4 is 12.6 Å². The zero-order valence-corrected chi connectivity index (χ0v) is 17.6. The van der Waals surface area contributed by atoms with Crippen LogP contribution in [0.3, 0.4) is 0 Å². The molecule has 0 aromatic rings. The third-order valence-corrected chi connectivity index (χ3v) is 3.55. The number of ketones is 1. The minimum Gasteiger partial charge on any atom is -0.380 e. The van der Waals surface area contributed by atoms with E-state index in [9.17, 15) is 4.79 Å². The molecule has 4 heteroatoms. The van der Waals surface area contributed by atoms with Crippen molar-refractivity contribution < 1.29 is 14.3 Å². The quantitative estimate of drug-likeness (QED) is 0.410. The lowest BCUT2D eigenvalue weighted by Gasteiger charge is -2.35. The predicted molar refractivity (Wildman–Crippen MR) is 129 cm³/mol. The molecule has 4 nitrogen and oxygen atoms in total. The summed E-state index contributed by atoms with van der Waals surface area (Å²) in [6, 6.07) is 0. The number of Topliss-reactive ketones (excluding diaryl/α,β-unsaturated/α-hetero) is 1. The summed E-state index contributed by atoms with van der Waals surface area (Å²) in [7, 11) is 0. The van der Waals surface area contributed by atoms with E-state index in [0.29, 0.717) is 30.8 Å². The fraction of sp³-hybridized carbons (Fsp3) is 0.917. The molecule has 0 radical (unpaired) electrons. The average Bonchev–Trinajstić information content (AvgIpc) is 2.34. The lowest BCUT2D eigenvalue weighted by Crippen LogP contribution is -2.46. The number of carbonyl (C=O) groups excluding carboxylic acids is 2. The van der Waals surface area contributed by atoms with E-state index < -0.39 is 0 Å². The number of hydrogen-bond donors (Lipinski definition) is 0. The summed E-state index contributed by atoms with van der Waals surface area (Å²) in [5.41, 5.74) is 0.358. The Kier molecular flexibility index (Phi) is 27.2. The fourth-order valence-electron chi connectivity index (χ4n) is 2.17. The largest absolute Gasteiger partial charge is 0.380 e. The standard InChI is InChI=1S/C19H39NO2.CH2O.4CH4/c1-17(2,3)10-12-22-13-11-20(19(7,8)9)15-16(21)14-18(4,5)6;1-2;;;;/h10-15H2,1-9H3;1H2;4*1H4. The minimum atomic E-state index is -0.0130. The summed E-state index contributed by atoms with van der Waals surface area (Å²) < 4.78 is 5.76. The minimum absolute atomic E-state index is 0. The van der Waals surface area contributed by atoms with Gasteiger partial charge in [0.05, 0.1) is 13.2 Å². The van der Waals surface area contributed by atoms with Crippen LogP contribution >= 0.6 is 0 Å². The predicted octanol–water partition coefficient (Wildman–Crippen LogP) is 6.90. The van der Waals surface area contributed by atoms with Crippen molar-refractivity contribution in [2.75, 3.05) is 26.3 Å². The van der Waals surface area contributed by atoms with E-state index in [1.807, 2.05) is 6.79 Å². The van der Waals surface area contributed by atoms with Crippen LogP contribution in [-0.2, 0) is 14.3 Å². The molecule has 28 heavy (non-hydrogen) atoms. The highest BCUT2D eigenvalue weighted by Crippen LogP contribution is 2.21. The molecule has 0 aromatic carbocycles. The van der Waals surface area contributed by atoms with Gasteiger partial charge in [-0.05, 0) is 38.0 Å². The first-order chi connectivity index (χ1) is 10.7.